The molecule has 9 nitrogen and oxygen atoms in total. The molecule has 1 aromatic carbocycles. The summed E-state index contributed by atoms with van der Waals surface area (Å²) in [7, 11) is 1.62. The van der Waals surface area contributed by atoms with E-state index in [2.05, 4.69) is 25.7 Å². The third-order valence-corrected chi connectivity index (χ3v) is 6.27. The Labute approximate surface area is 205 Å². The van der Waals surface area contributed by atoms with E-state index in [1.807, 2.05) is 41.9 Å². The molecule has 0 aliphatic heterocycles. The van der Waals surface area contributed by atoms with Crippen molar-refractivity contribution in [3.8, 4) is 17.1 Å². The number of aromatic nitrogens is 4. The highest BCUT2D eigenvalue weighted by atomic mass is 16.5. The van der Waals surface area contributed by atoms with Crippen LogP contribution in [0.4, 0.5) is 0 Å². The molecular weight excluding hydrogens is 444 g/mol. The number of methoxy groups -OCH3 is 1. The molecule has 0 radical (unpaired) electrons. The Kier molecular flexibility index (Phi) is 7.74. The lowest BCUT2D eigenvalue weighted by Gasteiger charge is -2.28. The summed E-state index contributed by atoms with van der Waals surface area (Å²) in [6.45, 7) is 4.59. The van der Waals surface area contributed by atoms with Crippen LogP contribution < -0.4 is 15.4 Å². The fourth-order valence-electron chi connectivity index (χ4n) is 4.53. The standard InChI is InChI=1S/C26H32N6O3/c1-17-11-21(13-24(29-17)26(34)27-14-20-5-4-6-23(12-20)35-3)25-28-16-32(31-25)15-19-7-9-22(10-8-19)30-18(2)33/h4-6,11-13,16,19,22H,7-10,14-15H2,1-3H3,(H,27,34)(H,30,33)/t19-,22-. The van der Waals surface area contributed by atoms with Crippen LogP contribution in [0.25, 0.3) is 11.4 Å². The Morgan fingerprint density at radius 2 is 1.94 bits per heavy atom. The first-order chi connectivity index (χ1) is 16.9. The predicted molar refractivity (Wildman–Crippen MR) is 132 cm³/mol. The summed E-state index contributed by atoms with van der Waals surface area (Å²) < 4.78 is 7.11. The van der Waals surface area contributed by atoms with Gasteiger partial charge in [0.25, 0.3) is 5.91 Å². The van der Waals surface area contributed by atoms with Crippen LogP contribution in [0.15, 0.2) is 42.7 Å². The van der Waals surface area contributed by atoms with E-state index in [0.29, 0.717) is 24.0 Å². The Morgan fingerprint density at radius 3 is 2.69 bits per heavy atom. The zero-order valence-electron chi connectivity index (χ0n) is 20.5. The number of hydrogen-bond acceptors (Lipinski definition) is 6. The molecule has 0 saturated heterocycles. The average Bonchev–Trinajstić information content (AvgIpc) is 3.32. The first-order valence-electron chi connectivity index (χ1n) is 12.0. The number of rotatable bonds is 8. The SMILES string of the molecule is COc1cccc(CNC(=O)c2cc(-c3ncn(C[C@H]4CC[C@H](NC(C)=O)CC4)n3)cc(C)n2)c1. The molecule has 2 amide bonds. The van der Waals surface area contributed by atoms with E-state index in [1.165, 1.54) is 0 Å². The van der Waals surface area contributed by atoms with Crippen molar-refractivity contribution < 1.29 is 14.3 Å². The van der Waals surface area contributed by atoms with Gasteiger partial charge in [-0.3, -0.25) is 14.3 Å². The minimum absolute atomic E-state index is 0.0374. The van der Waals surface area contributed by atoms with Crippen molar-refractivity contribution in [1.29, 1.82) is 0 Å². The zero-order chi connectivity index (χ0) is 24.8. The molecule has 0 atom stereocenters. The van der Waals surface area contributed by atoms with Crippen molar-refractivity contribution in [2.24, 2.45) is 5.92 Å². The van der Waals surface area contributed by atoms with E-state index < -0.39 is 0 Å². The highest BCUT2D eigenvalue weighted by molar-refractivity contribution is 5.93. The molecule has 1 aliphatic rings. The van der Waals surface area contributed by atoms with E-state index in [4.69, 9.17) is 4.74 Å². The number of nitrogens with zero attached hydrogens (tertiary/aromatic N) is 4. The number of hydrogen-bond donors (Lipinski definition) is 2. The molecule has 4 rings (SSSR count). The van der Waals surface area contributed by atoms with Gasteiger partial charge in [-0.1, -0.05) is 12.1 Å². The van der Waals surface area contributed by atoms with Crippen LogP contribution >= 0.6 is 0 Å². The fourth-order valence-corrected chi connectivity index (χ4v) is 4.53. The number of ether oxygens (including phenoxy) is 1. The Balaban J connectivity index is 1.38. The topological polar surface area (TPSA) is 111 Å². The fraction of sp³-hybridized carbons (Fsp3) is 0.423. The highest BCUT2D eigenvalue weighted by Gasteiger charge is 2.22. The molecule has 2 N–H and O–H groups in total. The van der Waals surface area contributed by atoms with Crippen molar-refractivity contribution in [2.45, 2.75) is 58.7 Å². The second kappa shape index (κ2) is 11.1. The molecule has 1 saturated carbocycles. The maximum atomic E-state index is 12.8. The quantitative estimate of drug-likeness (QED) is 0.516. The average molecular weight is 477 g/mol. The molecular formula is C26H32N6O3. The molecule has 2 heterocycles. The molecule has 3 aromatic rings. The van der Waals surface area contributed by atoms with Gasteiger partial charge in [-0.15, -0.1) is 0 Å². The van der Waals surface area contributed by atoms with Gasteiger partial charge in [0.2, 0.25) is 5.91 Å². The van der Waals surface area contributed by atoms with Crippen molar-refractivity contribution >= 4 is 11.8 Å². The van der Waals surface area contributed by atoms with Gasteiger partial charge in [-0.05, 0) is 68.4 Å². The van der Waals surface area contributed by atoms with Gasteiger partial charge >= 0.3 is 0 Å². The third kappa shape index (κ3) is 6.65. The lowest BCUT2D eigenvalue weighted by atomic mass is 9.86. The van der Waals surface area contributed by atoms with Crippen molar-refractivity contribution in [3.05, 3.63) is 59.7 Å². The molecule has 0 bridgehead atoms. The maximum absolute atomic E-state index is 12.8. The Bertz CT molecular complexity index is 1180. The number of benzene rings is 1. The largest absolute Gasteiger partial charge is 0.497 e. The van der Waals surface area contributed by atoms with Crippen LogP contribution in [0.2, 0.25) is 0 Å². The predicted octanol–water partition coefficient (Wildman–Crippen LogP) is 3.28. The van der Waals surface area contributed by atoms with Crippen LogP contribution in [0.5, 0.6) is 5.75 Å². The maximum Gasteiger partial charge on any atom is 0.270 e. The van der Waals surface area contributed by atoms with Crippen LogP contribution in [0.3, 0.4) is 0 Å². The van der Waals surface area contributed by atoms with Gasteiger partial charge in [-0.2, -0.15) is 5.10 Å². The van der Waals surface area contributed by atoms with Crippen molar-refractivity contribution in [1.82, 2.24) is 30.4 Å². The van der Waals surface area contributed by atoms with Gasteiger partial charge < -0.3 is 15.4 Å². The van der Waals surface area contributed by atoms with E-state index in [-0.39, 0.29) is 17.9 Å². The van der Waals surface area contributed by atoms with Crippen molar-refractivity contribution in [3.63, 3.8) is 0 Å². The number of carbonyl (C=O) groups is 2. The van der Waals surface area contributed by atoms with Gasteiger partial charge in [0.15, 0.2) is 5.82 Å². The number of pyridine rings is 1. The van der Waals surface area contributed by atoms with E-state index in [1.54, 1.807) is 26.4 Å². The highest BCUT2D eigenvalue weighted by Crippen LogP contribution is 2.26. The second-order valence-corrected chi connectivity index (χ2v) is 9.13. The monoisotopic (exact) mass is 476 g/mol. The van der Waals surface area contributed by atoms with E-state index >= 15 is 0 Å². The normalized spacial score (nSPS) is 17.6. The molecule has 184 valence electrons. The smallest absolute Gasteiger partial charge is 0.270 e. The molecule has 1 fully saturated rings. The summed E-state index contributed by atoms with van der Waals surface area (Å²) in [5, 5.41) is 10.6. The molecule has 1 aliphatic carbocycles. The molecule has 0 spiro atoms. The van der Waals surface area contributed by atoms with Crippen molar-refractivity contribution in [2.75, 3.05) is 7.11 Å². The summed E-state index contributed by atoms with van der Waals surface area (Å²) in [5.74, 6) is 1.61. The molecule has 2 aromatic heterocycles. The molecule has 0 unspecified atom stereocenters. The second-order valence-electron chi connectivity index (χ2n) is 9.13. The van der Waals surface area contributed by atoms with Crippen LogP contribution in [-0.4, -0.2) is 44.7 Å². The van der Waals surface area contributed by atoms with Crippen LogP contribution in [0, 0.1) is 12.8 Å². The van der Waals surface area contributed by atoms with Crippen LogP contribution in [-0.2, 0) is 17.9 Å². The summed E-state index contributed by atoms with van der Waals surface area (Å²) in [6, 6.07) is 11.5. The van der Waals surface area contributed by atoms with E-state index in [0.717, 1.165) is 54.8 Å². The van der Waals surface area contributed by atoms with Gasteiger partial charge in [0.1, 0.15) is 17.8 Å². The lowest BCUT2D eigenvalue weighted by Crippen LogP contribution is -2.36. The Morgan fingerprint density at radius 1 is 1.14 bits per heavy atom. The minimum Gasteiger partial charge on any atom is -0.497 e. The van der Waals surface area contributed by atoms with Gasteiger partial charge in [0.05, 0.1) is 7.11 Å². The van der Waals surface area contributed by atoms with Gasteiger partial charge in [-0.25, -0.2) is 9.97 Å². The number of amides is 2. The minimum atomic E-state index is -0.256. The number of nitrogens with one attached hydrogen (secondary N) is 2. The lowest BCUT2D eigenvalue weighted by molar-refractivity contribution is -0.119. The first-order valence-corrected chi connectivity index (χ1v) is 12.0. The van der Waals surface area contributed by atoms with E-state index in [9.17, 15) is 9.59 Å². The summed E-state index contributed by atoms with van der Waals surface area (Å²) >= 11 is 0. The number of carbonyl (C=O) groups excluding carboxylic acids is 2. The zero-order valence-corrected chi connectivity index (χ0v) is 20.5. The Hall–Kier alpha value is -3.75. The van der Waals surface area contributed by atoms with Crippen LogP contribution in [0.1, 0.15) is 54.4 Å². The summed E-state index contributed by atoms with van der Waals surface area (Å²) in [4.78, 5) is 32.9. The molecule has 9 heteroatoms. The third-order valence-electron chi connectivity index (χ3n) is 6.27. The first kappa shape index (κ1) is 24.4. The number of aryl methyl sites for hydroxylation is 1. The molecule has 35 heavy (non-hydrogen) atoms. The summed E-state index contributed by atoms with van der Waals surface area (Å²) in [6.07, 6.45) is 5.82. The summed E-state index contributed by atoms with van der Waals surface area (Å²) in [5.41, 5.74) is 2.76. The van der Waals surface area contributed by atoms with Gasteiger partial charge in [0, 0.05) is 37.3 Å².